The summed E-state index contributed by atoms with van der Waals surface area (Å²) in [5.41, 5.74) is 6.81. The first-order valence-corrected chi connectivity index (χ1v) is 7.38. The van der Waals surface area contributed by atoms with Gasteiger partial charge in [0.15, 0.2) is 5.65 Å². The lowest BCUT2D eigenvalue weighted by atomic mass is 10.1. The number of aromatic nitrogens is 4. The maximum Gasteiger partial charge on any atom is 0.163 e. The van der Waals surface area contributed by atoms with E-state index >= 15 is 0 Å². The van der Waals surface area contributed by atoms with Gasteiger partial charge >= 0.3 is 0 Å². The van der Waals surface area contributed by atoms with Gasteiger partial charge in [-0.2, -0.15) is 5.10 Å². The van der Waals surface area contributed by atoms with E-state index in [0.29, 0.717) is 18.4 Å². The molecular formula is C14H22N6O. The van der Waals surface area contributed by atoms with Gasteiger partial charge in [-0.25, -0.2) is 9.97 Å². The second kappa shape index (κ2) is 5.57. The molecule has 3 heterocycles. The third-order valence-electron chi connectivity index (χ3n) is 4.06. The van der Waals surface area contributed by atoms with Crippen LogP contribution in [0.4, 0.5) is 5.82 Å². The maximum absolute atomic E-state index is 6.02. The Morgan fingerprint density at radius 2 is 2.24 bits per heavy atom. The lowest BCUT2D eigenvalue weighted by Gasteiger charge is -2.37. The van der Waals surface area contributed by atoms with Crippen LogP contribution in [-0.2, 0) is 18.3 Å². The van der Waals surface area contributed by atoms with E-state index in [1.54, 1.807) is 10.9 Å². The molecule has 0 saturated carbocycles. The third kappa shape index (κ3) is 2.71. The van der Waals surface area contributed by atoms with Crippen LogP contribution in [-0.4, -0.2) is 49.9 Å². The lowest BCUT2D eigenvalue weighted by molar-refractivity contribution is -0.0599. The van der Waals surface area contributed by atoms with E-state index < -0.39 is 0 Å². The molecule has 114 valence electrons. The van der Waals surface area contributed by atoms with Crippen molar-refractivity contribution in [1.82, 2.24) is 24.6 Å². The van der Waals surface area contributed by atoms with Crippen molar-refractivity contribution in [2.45, 2.75) is 39.0 Å². The van der Waals surface area contributed by atoms with Gasteiger partial charge in [-0.3, -0.25) is 9.58 Å². The number of anilines is 1. The van der Waals surface area contributed by atoms with Gasteiger partial charge in [0, 0.05) is 19.6 Å². The standard InChI is InChI=1S/C14H22N6O/c1-4-10-8-21-9(2)6-20(10)7-12-17-13(15)11-5-16-19(3)14(11)18-12/h5,9-10H,4,6-8H2,1-3H3,(H2,15,17,18). The highest BCUT2D eigenvalue weighted by molar-refractivity contribution is 5.84. The number of morpholine rings is 1. The average molecular weight is 290 g/mol. The minimum atomic E-state index is 0.241. The molecule has 0 radical (unpaired) electrons. The molecule has 21 heavy (non-hydrogen) atoms. The zero-order chi connectivity index (χ0) is 15.0. The number of ether oxygens (including phenoxy) is 1. The molecule has 2 N–H and O–H groups in total. The van der Waals surface area contributed by atoms with Crippen molar-refractivity contribution in [3.63, 3.8) is 0 Å². The highest BCUT2D eigenvalue weighted by atomic mass is 16.5. The van der Waals surface area contributed by atoms with Crippen LogP contribution in [0.2, 0.25) is 0 Å². The molecule has 2 aromatic heterocycles. The SMILES string of the molecule is CCC1COC(C)CN1Cc1nc(N)c2cnn(C)c2n1. The summed E-state index contributed by atoms with van der Waals surface area (Å²) in [5.74, 6) is 1.24. The first-order valence-electron chi connectivity index (χ1n) is 7.38. The van der Waals surface area contributed by atoms with Crippen LogP contribution in [0, 0.1) is 0 Å². The molecule has 0 amide bonds. The molecule has 0 aliphatic carbocycles. The van der Waals surface area contributed by atoms with Gasteiger partial charge in [-0.15, -0.1) is 0 Å². The molecule has 1 aliphatic rings. The van der Waals surface area contributed by atoms with E-state index in [9.17, 15) is 0 Å². The zero-order valence-corrected chi connectivity index (χ0v) is 12.8. The quantitative estimate of drug-likeness (QED) is 0.906. The largest absolute Gasteiger partial charge is 0.383 e. The van der Waals surface area contributed by atoms with Gasteiger partial charge in [0.2, 0.25) is 0 Å². The van der Waals surface area contributed by atoms with Gasteiger partial charge in [0.05, 0.1) is 30.8 Å². The number of nitrogens with zero attached hydrogens (tertiary/aromatic N) is 5. The van der Waals surface area contributed by atoms with Gasteiger partial charge in [-0.1, -0.05) is 6.92 Å². The predicted octanol–water partition coefficient (Wildman–Crippen LogP) is 0.945. The van der Waals surface area contributed by atoms with Gasteiger partial charge < -0.3 is 10.5 Å². The summed E-state index contributed by atoms with van der Waals surface area (Å²) < 4.78 is 7.46. The van der Waals surface area contributed by atoms with E-state index in [-0.39, 0.29) is 6.10 Å². The molecular weight excluding hydrogens is 268 g/mol. The number of aryl methyl sites for hydroxylation is 1. The fourth-order valence-electron chi connectivity index (χ4n) is 2.83. The second-order valence-corrected chi connectivity index (χ2v) is 5.67. The second-order valence-electron chi connectivity index (χ2n) is 5.67. The summed E-state index contributed by atoms with van der Waals surface area (Å²) in [4.78, 5) is 11.4. The van der Waals surface area contributed by atoms with Crippen LogP contribution < -0.4 is 5.73 Å². The highest BCUT2D eigenvalue weighted by Crippen LogP contribution is 2.20. The Balaban J connectivity index is 1.88. The molecule has 3 rings (SSSR count). The Bertz CT molecular complexity index is 640. The van der Waals surface area contributed by atoms with Gasteiger partial charge in [0.25, 0.3) is 0 Å². The monoisotopic (exact) mass is 290 g/mol. The first-order chi connectivity index (χ1) is 10.1. The number of fused-ring (bicyclic) bond motifs is 1. The molecule has 2 aromatic rings. The van der Waals surface area contributed by atoms with Crippen molar-refractivity contribution in [3.8, 4) is 0 Å². The van der Waals surface area contributed by atoms with Crippen molar-refractivity contribution in [2.24, 2.45) is 7.05 Å². The Morgan fingerprint density at radius 1 is 1.43 bits per heavy atom. The lowest BCUT2D eigenvalue weighted by Crippen LogP contribution is -2.48. The van der Waals surface area contributed by atoms with Gasteiger partial charge in [0.1, 0.15) is 11.6 Å². The fourth-order valence-corrected chi connectivity index (χ4v) is 2.83. The van der Waals surface area contributed by atoms with Crippen molar-refractivity contribution in [1.29, 1.82) is 0 Å². The first kappa shape index (κ1) is 14.2. The van der Waals surface area contributed by atoms with Crippen LogP contribution in [0.15, 0.2) is 6.20 Å². The minimum absolute atomic E-state index is 0.241. The topological polar surface area (TPSA) is 82.1 Å². The van der Waals surface area contributed by atoms with Crippen molar-refractivity contribution < 1.29 is 4.74 Å². The number of hydrogen-bond acceptors (Lipinski definition) is 6. The molecule has 2 atom stereocenters. The number of rotatable bonds is 3. The van der Waals surface area contributed by atoms with E-state index in [1.165, 1.54) is 0 Å². The van der Waals surface area contributed by atoms with E-state index in [1.807, 2.05) is 7.05 Å². The summed E-state index contributed by atoms with van der Waals surface area (Å²) >= 11 is 0. The van der Waals surface area contributed by atoms with Crippen molar-refractivity contribution in [2.75, 3.05) is 18.9 Å². The smallest absolute Gasteiger partial charge is 0.163 e. The zero-order valence-electron chi connectivity index (χ0n) is 12.8. The van der Waals surface area contributed by atoms with E-state index in [2.05, 4.69) is 33.8 Å². The van der Waals surface area contributed by atoms with E-state index in [4.69, 9.17) is 10.5 Å². The third-order valence-corrected chi connectivity index (χ3v) is 4.06. The normalized spacial score (nSPS) is 23.8. The molecule has 0 bridgehead atoms. The molecule has 7 nitrogen and oxygen atoms in total. The van der Waals surface area contributed by atoms with Crippen LogP contribution >= 0.6 is 0 Å². The summed E-state index contributed by atoms with van der Waals surface area (Å²) in [7, 11) is 1.87. The summed E-state index contributed by atoms with van der Waals surface area (Å²) in [5, 5.41) is 5.00. The number of nitrogen functional groups attached to an aromatic ring is 1. The highest BCUT2D eigenvalue weighted by Gasteiger charge is 2.26. The fraction of sp³-hybridized carbons (Fsp3) is 0.643. The minimum Gasteiger partial charge on any atom is -0.383 e. The van der Waals surface area contributed by atoms with Crippen molar-refractivity contribution in [3.05, 3.63) is 12.0 Å². The molecule has 1 aliphatic heterocycles. The van der Waals surface area contributed by atoms with Crippen molar-refractivity contribution >= 4 is 16.9 Å². The summed E-state index contributed by atoms with van der Waals surface area (Å²) in [6, 6.07) is 0.410. The van der Waals surface area contributed by atoms with Gasteiger partial charge in [-0.05, 0) is 13.3 Å². The molecule has 1 fully saturated rings. The predicted molar refractivity (Wildman–Crippen MR) is 80.6 cm³/mol. The summed E-state index contributed by atoms with van der Waals surface area (Å²) in [6.07, 6.45) is 3.00. The summed E-state index contributed by atoms with van der Waals surface area (Å²) in [6.45, 7) is 6.62. The Kier molecular flexibility index (Phi) is 3.77. The van der Waals surface area contributed by atoms with Crippen LogP contribution in [0.5, 0.6) is 0 Å². The Labute approximate surface area is 124 Å². The number of hydrogen-bond donors (Lipinski definition) is 1. The molecule has 0 aromatic carbocycles. The average Bonchev–Trinajstić information content (AvgIpc) is 2.81. The van der Waals surface area contributed by atoms with Crippen LogP contribution in [0.25, 0.3) is 11.0 Å². The molecule has 2 unspecified atom stereocenters. The number of nitrogens with two attached hydrogens (primary N) is 1. The Morgan fingerprint density at radius 3 is 3.00 bits per heavy atom. The van der Waals surface area contributed by atoms with Crippen LogP contribution in [0.3, 0.4) is 0 Å². The molecule has 0 spiro atoms. The maximum atomic E-state index is 6.02. The Hall–Kier alpha value is -1.73. The molecule has 7 heteroatoms. The molecule has 1 saturated heterocycles. The van der Waals surface area contributed by atoms with E-state index in [0.717, 1.165) is 36.4 Å². The van der Waals surface area contributed by atoms with Crippen LogP contribution in [0.1, 0.15) is 26.1 Å².